The fourth-order valence-corrected chi connectivity index (χ4v) is 5.88. The number of esters is 1. The van der Waals surface area contributed by atoms with Crippen molar-refractivity contribution in [3.8, 4) is 0 Å². The summed E-state index contributed by atoms with van der Waals surface area (Å²) in [5.41, 5.74) is 1.70. The molecule has 0 spiro atoms. The molecule has 2 atom stereocenters. The van der Waals surface area contributed by atoms with Crippen molar-refractivity contribution < 1.29 is 18.7 Å². The number of nitrogens with zero attached hydrogens (tertiary/aromatic N) is 4. The number of piperidine rings is 1. The fraction of sp³-hybridized carbons (Fsp3) is 0.593. The van der Waals surface area contributed by atoms with Crippen LogP contribution in [0.15, 0.2) is 46.1 Å². The van der Waals surface area contributed by atoms with Crippen LogP contribution in [0.3, 0.4) is 0 Å². The summed E-state index contributed by atoms with van der Waals surface area (Å²) >= 11 is 0. The highest BCUT2D eigenvalue weighted by Crippen LogP contribution is 2.48. The predicted molar refractivity (Wildman–Crippen MR) is 134 cm³/mol. The summed E-state index contributed by atoms with van der Waals surface area (Å²) in [4.78, 5) is 20.2. The van der Waals surface area contributed by atoms with Crippen LogP contribution in [-0.2, 0) is 14.3 Å². The van der Waals surface area contributed by atoms with Crippen LogP contribution < -0.4 is 5.01 Å². The van der Waals surface area contributed by atoms with Gasteiger partial charge < -0.3 is 9.47 Å². The minimum atomic E-state index is -0.483. The third-order valence-electron chi connectivity index (χ3n) is 8.03. The number of hydrogen-bond donors (Lipinski definition) is 0. The first-order chi connectivity index (χ1) is 17.0. The summed E-state index contributed by atoms with van der Waals surface area (Å²) in [7, 11) is 1.76. The van der Waals surface area contributed by atoms with Crippen LogP contribution >= 0.6 is 0 Å². The molecule has 5 rings (SSSR count). The Morgan fingerprint density at radius 2 is 1.89 bits per heavy atom. The van der Waals surface area contributed by atoms with Gasteiger partial charge in [0, 0.05) is 25.7 Å². The van der Waals surface area contributed by atoms with E-state index in [-0.39, 0.29) is 18.5 Å². The van der Waals surface area contributed by atoms with Crippen molar-refractivity contribution in [2.75, 3.05) is 38.4 Å². The minimum absolute atomic E-state index is 0.0669. The number of anilines is 1. The van der Waals surface area contributed by atoms with Crippen LogP contribution in [0.1, 0.15) is 46.0 Å². The minimum Gasteiger partial charge on any atom is -0.461 e. The first-order valence-corrected chi connectivity index (χ1v) is 12.8. The van der Waals surface area contributed by atoms with E-state index in [1.54, 1.807) is 26.2 Å². The van der Waals surface area contributed by atoms with Crippen molar-refractivity contribution in [2.45, 2.75) is 52.0 Å². The maximum absolute atomic E-state index is 13.7. The SMILES string of the molecule is CCOC(=O)C1=CC(N2CCC(COC)CC2)C2(C)C(C3CCC3)=NN(c3ccc(F)cc3)C2=N1. The first kappa shape index (κ1) is 24.1. The van der Waals surface area contributed by atoms with Gasteiger partial charge in [-0.2, -0.15) is 5.10 Å². The van der Waals surface area contributed by atoms with Gasteiger partial charge in [0.15, 0.2) is 0 Å². The number of rotatable bonds is 7. The Hall–Kier alpha value is -2.58. The number of likely N-dealkylation sites (tertiary alicyclic amines) is 1. The molecule has 0 N–H and O–H groups in total. The smallest absolute Gasteiger partial charge is 0.356 e. The number of amidine groups is 1. The lowest BCUT2D eigenvalue weighted by Crippen LogP contribution is -2.58. The molecule has 4 aliphatic rings. The molecule has 1 aliphatic carbocycles. The molecule has 2 unspecified atom stereocenters. The third kappa shape index (κ3) is 4.31. The molecule has 3 aliphatic heterocycles. The average Bonchev–Trinajstić information content (AvgIpc) is 3.11. The van der Waals surface area contributed by atoms with Crippen LogP contribution in [0.4, 0.5) is 10.1 Å². The topological polar surface area (TPSA) is 66.7 Å². The number of methoxy groups -OCH3 is 1. The van der Waals surface area contributed by atoms with Gasteiger partial charge in [0.1, 0.15) is 17.3 Å². The van der Waals surface area contributed by atoms with Crippen molar-refractivity contribution >= 4 is 23.2 Å². The fourth-order valence-electron chi connectivity index (χ4n) is 5.88. The largest absolute Gasteiger partial charge is 0.461 e. The van der Waals surface area contributed by atoms with Crippen molar-refractivity contribution in [3.05, 3.63) is 41.9 Å². The molecule has 0 aromatic heterocycles. The lowest BCUT2D eigenvalue weighted by molar-refractivity contribution is -0.138. The molecule has 35 heavy (non-hydrogen) atoms. The van der Waals surface area contributed by atoms with E-state index >= 15 is 0 Å². The van der Waals surface area contributed by atoms with E-state index in [1.807, 2.05) is 11.1 Å². The number of benzene rings is 1. The van der Waals surface area contributed by atoms with Crippen LogP contribution in [-0.4, -0.2) is 61.9 Å². The zero-order valence-corrected chi connectivity index (χ0v) is 20.9. The second kappa shape index (κ2) is 9.82. The molecule has 1 aromatic rings. The molecule has 2 fully saturated rings. The monoisotopic (exact) mass is 482 g/mol. The maximum atomic E-state index is 13.7. The summed E-state index contributed by atoms with van der Waals surface area (Å²) < 4.78 is 24.5. The van der Waals surface area contributed by atoms with E-state index in [1.165, 1.54) is 18.6 Å². The Bertz CT molecular complexity index is 1040. The van der Waals surface area contributed by atoms with Gasteiger partial charge in [-0.25, -0.2) is 19.2 Å². The average molecular weight is 483 g/mol. The molecule has 1 aromatic carbocycles. The van der Waals surface area contributed by atoms with Gasteiger partial charge in [-0.15, -0.1) is 0 Å². The first-order valence-electron chi connectivity index (χ1n) is 12.8. The number of carbonyl (C=O) groups excluding carboxylic acids is 1. The Morgan fingerprint density at radius 1 is 1.17 bits per heavy atom. The summed E-state index contributed by atoms with van der Waals surface area (Å²) in [5.74, 6) is 0.946. The zero-order chi connectivity index (χ0) is 24.6. The maximum Gasteiger partial charge on any atom is 0.356 e. The molecule has 1 saturated heterocycles. The molecule has 1 saturated carbocycles. The van der Waals surface area contributed by atoms with Gasteiger partial charge in [-0.3, -0.25) is 4.90 Å². The van der Waals surface area contributed by atoms with E-state index < -0.39 is 11.4 Å². The molecular weight excluding hydrogens is 447 g/mol. The lowest BCUT2D eigenvalue weighted by atomic mass is 9.65. The molecule has 0 amide bonds. The Labute approximate surface area is 206 Å². The van der Waals surface area contributed by atoms with Crippen molar-refractivity contribution in [3.63, 3.8) is 0 Å². The normalized spacial score (nSPS) is 27.6. The quantitative estimate of drug-likeness (QED) is 0.539. The lowest BCUT2D eigenvalue weighted by Gasteiger charge is -2.47. The summed E-state index contributed by atoms with van der Waals surface area (Å²) in [6.07, 6.45) is 7.51. The Balaban J connectivity index is 1.56. The van der Waals surface area contributed by atoms with Gasteiger partial charge in [0.25, 0.3) is 0 Å². The number of ether oxygens (including phenoxy) is 2. The highest BCUT2D eigenvalue weighted by molar-refractivity contribution is 6.24. The summed E-state index contributed by atoms with van der Waals surface area (Å²) in [6.45, 7) is 6.92. The van der Waals surface area contributed by atoms with E-state index in [9.17, 15) is 9.18 Å². The van der Waals surface area contributed by atoms with Gasteiger partial charge in [-0.1, -0.05) is 6.42 Å². The van der Waals surface area contributed by atoms with Crippen LogP contribution in [0.2, 0.25) is 0 Å². The van der Waals surface area contributed by atoms with E-state index in [2.05, 4.69) is 11.8 Å². The molecule has 188 valence electrons. The van der Waals surface area contributed by atoms with Gasteiger partial charge >= 0.3 is 5.97 Å². The molecule has 7 nitrogen and oxygen atoms in total. The number of carbonyl (C=O) groups is 1. The number of hydrogen-bond acceptors (Lipinski definition) is 7. The van der Waals surface area contributed by atoms with Gasteiger partial charge in [0.2, 0.25) is 0 Å². The van der Waals surface area contributed by atoms with Gasteiger partial charge in [-0.05, 0) is 88.9 Å². The van der Waals surface area contributed by atoms with E-state index in [0.29, 0.717) is 17.5 Å². The summed E-state index contributed by atoms with van der Waals surface area (Å²) in [5, 5.41) is 6.94. The number of fused-ring (bicyclic) bond motifs is 1. The number of aliphatic imine (C=N–C) groups is 1. The standard InChI is InChI=1S/C27H35FN4O3/c1-4-35-25(33)22-16-23(31-14-12-18(13-15-31)17-34-3)27(2)24(19-6-5-7-19)30-32(26(27)29-22)21-10-8-20(28)9-11-21/h8-11,16,18-19,23H,4-7,12-15,17H2,1-3H3. The summed E-state index contributed by atoms with van der Waals surface area (Å²) in [6, 6.07) is 6.25. The molecule has 8 heteroatoms. The van der Waals surface area contributed by atoms with Crippen molar-refractivity contribution in [1.82, 2.24) is 4.90 Å². The highest BCUT2D eigenvalue weighted by atomic mass is 19.1. The molecule has 0 radical (unpaired) electrons. The van der Waals surface area contributed by atoms with E-state index in [4.69, 9.17) is 19.6 Å². The van der Waals surface area contributed by atoms with Crippen molar-refractivity contribution in [2.24, 2.45) is 27.3 Å². The molecule has 3 heterocycles. The number of halogens is 1. The van der Waals surface area contributed by atoms with Gasteiger partial charge in [0.05, 0.1) is 23.4 Å². The molecular formula is C27H35FN4O3. The Morgan fingerprint density at radius 3 is 2.49 bits per heavy atom. The zero-order valence-electron chi connectivity index (χ0n) is 20.9. The second-order valence-electron chi connectivity index (χ2n) is 10.2. The second-order valence-corrected chi connectivity index (χ2v) is 10.2. The van der Waals surface area contributed by atoms with Crippen LogP contribution in [0.5, 0.6) is 0 Å². The highest BCUT2D eigenvalue weighted by Gasteiger charge is 2.56. The predicted octanol–water partition coefficient (Wildman–Crippen LogP) is 4.39. The van der Waals surface area contributed by atoms with E-state index in [0.717, 1.165) is 62.6 Å². The Kier molecular flexibility index (Phi) is 6.77. The molecule has 0 bridgehead atoms. The van der Waals surface area contributed by atoms with Crippen LogP contribution in [0, 0.1) is 23.1 Å². The van der Waals surface area contributed by atoms with Crippen LogP contribution in [0.25, 0.3) is 0 Å². The third-order valence-corrected chi connectivity index (χ3v) is 8.03. The number of hydrazone groups is 1. The van der Waals surface area contributed by atoms with Crippen molar-refractivity contribution in [1.29, 1.82) is 0 Å².